The van der Waals surface area contributed by atoms with Gasteiger partial charge in [-0.1, -0.05) is 60.7 Å². The minimum atomic E-state index is -3.81. The van der Waals surface area contributed by atoms with E-state index in [4.69, 9.17) is 4.74 Å². The number of carbonyl (C=O) groups is 2. The van der Waals surface area contributed by atoms with E-state index in [1.54, 1.807) is 36.4 Å². The van der Waals surface area contributed by atoms with Crippen LogP contribution >= 0.6 is 0 Å². The van der Waals surface area contributed by atoms with Crippen molar-refractivity contribution in [1.82, 2.24) is 5.32 Å². The van der Waals surface area contributed by atoms with Gasteiger partial charge >= 0.3 is 12.1 Å². The second-order valence-electron chi connectivity index (χ2n) is 7.08. The maximum atomic E-state index is 13.4. The Kier molecular flexibility index (Phi) is 5.56. The van der Waals surface area contributed by atoms with Gasteiger partial charge in [-0.25, -0.2) is 13.2 Å². The summed E-state index contributed by atoms with van der Waals surface area (Å²) < 4.78 is 44.0. The highest BCUT2D eigenvalue weighted by molar-refractivity contribution is 7.95. The largest absolute Gasteiger partial charge is 0.444 e. The zero-order valence-corrected chi connectivity index (χ0v) is 17.1. The summed E-state index contributed by atoms with van der Waals surface area (Å²) in [6.07, 6.45) is 0.343. The average Bonchev–Trinajstić information content (AvgIpc) is 3.02. The third-order valence-corrected chi connectivity index (χ3v) is 6.93. The van der Waals surface area contributed by atoms with Crippen LogP contribution in [-0.4, -0.2) is 33.2 Å². The third-order valence-electron chi connectivity index (χ3n) is 5.06. The van der Waals surface area contributed by atoms with Crippen LogP contribution in [0.2, 0.25) is 0 Å². The fourth-order valence-electron chi connectivity index (χ4n) is 3.52. The molecule has 0 aliphatic carbocycles. The number of rotatable bonds is 6. The van der Waals surface area contributed by atoms with Gasteiger partial charge < -0.3 is 10.1 Å². The Morgan fingerprint density at radius 3 is 2.42 bits per heavy atom. The maximum Gasteiger partial charge on any atom is 0.408 e. The zero-order chi connectivity index (χ0) is 22.0. The number of carbonyl (C=O) groups excluding carboxylic acids is 2. The quantitative estimate of drug-likeness (QED) is 0.590. The van der Waals surface area contributed by atoms with Gasteiger partial charge in [0.05, 0.1) is 9.80 Å². The number of hydrogen-bond acceptors (Lipinski definition) is 5. The molecule has 6 nitrogen and oxygen atoms in total. The van der Waals surface area contributed by atoms with Gasteiger partial charge in [-0.2, -0.15) is 4.39 Å². The molecule has 0 radical (unpaired) electrons. The molecule has 0 spiro atoms. The zero-order valence-electron chi connectivity index (χ0n) is 16.2. The first-order valence-electron chi connectivity index (χ1n) is 9.50. The molecule has 0 aromatic heterocycles. The fraction of sp³-hybridized carbons (Fsp3) is 0.130. The molecule has 1 atom stereocenters. The molecule has 1 N–H and O–H groups in total. The number of alkyl carbamates (subject to hydrolysis) is 1. The lowest BCUT2D eigenvalue weighted by atomic mass is 10.0. The Morgan fingerprint density at radius 1 is 0.968 bits per heavy atom. The number of sulfone groups is 1. The molecule has 0 saturated heterocycles. The minimum Gasteiger partial charge on any atom is -0.444 e. The Hall–Kier alpha value is -3.52. The molecule has 1 heterocycles. The average molecular weight is 439 g/mol. The number of hydrogen-bond donors (Lipinski definition) is 1. The highest BCUT2D eigenvalue weighted by Crippen LogP contribution is 2.37. The minimum absolute atomic E-state index is 0.0519. The molecule has 0 fully saturated rings. The molecule has 1 aliphatic heterocycles. The Balaban J connectivity index is 1.47. The van der Waals surface area contributed by atoms with Crippen molar-refractivity contribution in [3.63, 3.8) is 0 Å². The van der Waals surface area contributed by atoms with Crippen LogP contribution in [0.1, 0.15) is 11.1 Å². The van der Waals surface area contributed by atoms with Crippen LogP contribution in [-0.2, 0) is 25.8 Å². The second kappa shape index (κ2) is 8.31. The molecule has 0 unspecified atom stereocenters. The van der Waals surface area contributed by atoms with Crippen molar-refractivity contribution >= 4 is 38.8 Å². The monoisotopic (exact) mass is 439 g/mol. The molecule has 3 aromatic rings. The van der Waals surface area contributed by atoms with Crippen LogP contribution in [0.25, 0.3) is 16.8 Å². The first-order valence-corrected chi connectivity index (χ1v) is 11.0. The van der Waals surface area contributed by atoms with E-state index >= 15 is 0 Å². The van der Waals surface area contributed by atoms with Crippen molar-refractivity contribution < 1.29 is 27.1 Å². The molecule has 0 bridgehead atoms. The molecular weight excluding hydrogens is 421 g/mol. The van der Waals surface area contributed by atoms with Gasteiger partial charge in [0.2, 0.25) is 9.84 Å². The van der Waals surface area contributed by atoms with E-state index < -0.39 is 34.6 Å². The summed E-state index contributed by atoms with van der Waals surface area (Å²) in [4.78, 5) is 23.5. The molecule has 8 heteroatoms. The SMILES string of the molecule is O=C(N[C@@H](Cc1ccccc1)C(=O)F)OCC1=Cc2c(ccc3ccccc23)S1(=O)=O. The Labute approximate surface area is 178 Å². The summed E-state index contributed by atoms with van der Waals surface area (Å²) >= 11 is 0. The van der Waals surface area contributed by atoms with Gasteiger partial charge in [0.25, 0.3) is 0 Å². The lowest BCUT2D eigenvalue weighted by Crippen LogP contribution is -2.41. The van der Waals surface area contributed by atoms with E-state index in [0.717, 1.165) is 10.8 Å². The highest BCUT2D eigenvalue weighted by atomic mass is 32.2. The van der Waals surface area contributed by atoms with Gasteiger partial charge in [-0.05, 0) is 28.5 Å². The standard InChI is InChI=1S/C23H18FNO5S/c24-22(26)20(12-15-6-2-1-3-7-15)25-23(27)30-14-17-13-19-18-9-5-4-8-16(18)10-11-21(19)31(17,28)29/h1-11,13,20H,12,14H2,(H,25,27)/t20-/m0/s1. The molecule has 0 saturated carbocycles. The van der Waals surface area contributed by atoms with E-state index in [1.165, 1.54) is 12.1 Å². The number of amides is 1. The summed E-state index contributed by atoms with van der Waals surface area (Å²) in [5.41, 5.74) is 1.19. The summed E-state index contributed by atoms with van der Waals surface area (Å²) in [7, 11) is -3.81. The van der Waals surface area contributed by atoms with Gasteiger partial charge in [-0.15, -0.1) is 0 Å². The summed E-state index contributed by atoms with van der Waals surface area (Å²) in [6, 6.07) is 16.1. The molecular formula is C23H18FNO5S. The number of nitrogens with one attached hydrogen (secondary N) is 1. The maximum absolute atomic E-state index is 13.4. The van der Waals surface area contributed by atoms with Crippen LogP contribution in [0.5, 0.6) is 0 Å². The van der Waals surface area contributed by atoms with Crippen LogP contribution in [0.15, 0.2) is 76.5 Å². The van der Waals surface area contributed by atoms with Gasteiger partial charge in [-0.3, -0.25) is 4.79 Å². The van der Waals surface area contributed by atoms with Crippen molar-refractivity contribution in [2.75, 3.05) is 6.61 Å². The normalized spacial score (nSPS) is 15.1. The smallest absolute Gasteiger partial charge is 0.408 e. The second-order valence-corrected chi connectivity index (χ2v) is 9.05. The van der Waals surface area contributed by atoms with E-state index in [0.29, 0.717) is 11.1 Å². The number of halogens is 1. The van der Waals surface area contributed by atoms with Crippen molar-refractivity contribution in [2.24, 2.45) is 0 Å². The topological polar surface area (TPSA) is 89.5 Å². The highest BCUT2D eigenvalue weighted by Gasteiger charge is 2.32. The molecule has 4 rings (SSSR count). The first kappa shape index (κ1) is 20.7. The molecule has 3 aromatic carbocycles. The summed E-state index contributed by atoms with van der Waals surface area (Å²) in [6.45, 7) is -0.532. The first-order chi connectivity index (χ1) is 14.9. The van der Waals surface area contributed by atoms with E-state index in [1.807, 2.05) is 24.3 Å². The number of benzene rings is 3. The van der Waals surface area contributed by atoms with E-state index in [9.17, 15) is 22.4 Å². The molecule has 1 aliphatic rings. The summed E-state index contributed by atoms with van der Waals surface area (Å²) in [5, 5.41) is 3.82. The number of fused-ring (bicyclic) bond motifs is 3. The predicted molar refractivity (Wildman–Crippen MR) is 114 cm³/mol. The third kappa shape index (κ3) is 4.20. The van der Waals surface area contributed by atoms with Gasteiger partial charge in [0.15, 0.2) is 0 Å². The predicted octanol–water partition coefficient (Wildman–Crippen LogP) is 3.80. The lowest BCUT2D eigenvalue weighted by Gasteiger charge is -2.14. The van der Waals surface area contributed by atoms with Gasteiger partial charge in [0.1, 0.15) is 12.6 Å². The Bertz CT molecular complexity index is 1300. The van der Waals surface area contributed by atoms with Crippen molar-refractivity contribution in [3.05, 3.63) is 82.8 Å². The van der Waals surface area contributed by atoms with E-state index in [-0.39, 0.29) is 16.2 Å². The van der Waals surface area contributed by atoms with E-state index in [2.05, 4.69) is 5.32 Å². The fourth-order valence-corrected chi connectivity index (χ4v) is 4.99. The lowest BCUT2D eigenvalue weighted by molar-refractivity contribution is -0.131. The van der Waals surface area contributed by atoms with Crippen LogP contribution in [0.3, 0.4) is 0 Å². The van der Waals surface area contributed by atoms with Crippen LogP contribution < -0.4 is 5.32 Å². The molecule has 158 valence electrons. The van der Waals surface area contributed by atoms with Crippen molar-refractivity contribution in [1.29, 1.82) is 0 Å². The van der Waals surface area contributed by atoms with Crippen molar-refractivity contribution in [2.45, 2.75) is 17.4 Å². The Morgan fingerprint density at radius 2 is 1.68 bits per heavy atom. The number of ether oxygens (including phenoxy) is 1. The van der Waals surface area contributed by atoms with Crippen LogP contribution in [0, 0.1) is 0 Å². The molecule has 31 heavy (non-hydrogen) atoms. The van der Waals surface area contributed by atoms with Crippen molar-refractivity contribution in [3.8, 4) is 0 Å². The van der Waals surface area contributed by atoms with Gasteiger partial charge in [0, 0.05) is 12.0 Å². The summed E-state index contributed by atoms with van der Waals surface area (Å²) in [5.74, 6) is 0. The van der Waals surface area contributed by atoms with Crippen LogP contribution in [0.4, 0.5) is 9.18 Å². The molecule has 1 amide bonds.